The fourth-order valence-corrected chi connectivity index (χ4v) is 1.40. The number of anilines is 1. The maximum atomic E-state index is 5.45. The number of ether oxygens (including phenoxy) is 1. The molecule has 4 nitrogen and oxygen atoms in total. The summed E-state index contributed by atoms with van der Waals surface area (Å²) in [6.45, 7) is 5.56. The molecule has 0 spiro atoms. The highest BCUT2D eigenvalue weighted by Gasteiger charge is 2.05. The number of rotatable bonds is 5. The Morgan fingerprint density at radius 2 is 2.31 bits per heavy atom. The highest BCUT2D eigenvalue weighted by atomic mass is 32.1. The van der Waals surface area contributed by atoms with Crippen molar-refractivity contribution in [1.82, 2.24) is 9.59 Å². The van der Waals surface area contributed by atoms with Crippen molar-refractivity contribution in [2.45, 2.75) is 20.5 Å². The molecule has 0 bridgehead atoms. The molecule has 1 aromatic rings. The van der Waals surface area contributed by atoms with E-state index in [0.717, 1.165) is 17.3 Å². The molecule has 0 aromatic carbocycles. The summed E-state index contributed by atoms with van der Waals surface area (Å²) in [6.07, 6.45) is 0. The topological polar surface area (TPSA) is 47.0 Å². The summed E-state index contributed by atoms with van der Waals surface area (Å²) in [7, 11) is 1.86. The maximum absolute atomic E-state index is 5.45. The maximum Gasteiger partial charge on any atom is 0.135 e. The summed E-state index contributed by atoms with van der Waals surface area (Å²) < 4.78 is 9.29. The van der Waals surface area contributed by atoms with Crippen molar-refractivity contribution in [3.05, 3.63) is 5.69 Å². The molecule has 0 unspecified atom stereocenters. The second kappa shape index (κ2) is 5.14. The lowest BCUT2D eigenvalue weighted by molar-refractivity contribution is 0.0951. The van der Waals surface area contributed by atoms with E-state index in [1.807, 2.05) is 7.05 Å². The predicted octanol–water partition coefficient (Wildman–Crippen LogP) is 1.75. The van der Waals surface area contributed by atoms with E-state index >= 15 is 0 Å². The molecule has 0 amide bonds. The van der Waals surface area contributed by atoms with Gasteiger partial charge in [0.05, 0.1) is 6.61 Å². The number of nitrogens with zero attached hydrogens (tertiary/aromatic N) is 2. The summed E-state index contributed by atoms with van der Waals surface area (Å²) in [5.74, 6) is 0.560. The molecule has 13 heavy (non-hydrogen) atoms. The third-order valence-electron chi connectivity index (χ3n) is 1.47. The van der Waals surface area contributed by atoms with Crippen LogP contribution < -0.4 is 5.32 Å². The van der Waals surface area contributed by atoms with Crippen LogP contribution >= 0.6 is 11.5 Å². The van der Waals surface area contributed by atoms with Crippen molar-refractivity contribution in [3.63, 3.8) is 0 Å². The fraction of sp³-hybridized carbons (Fsp3) is 0.750. The molecule has 0 aliphatic heterocycles. The molecule has 1 aromatic heterocycles. The van der Waals surface area contributed by atoms with Crippen LogP contribution in [0.25, 0.3) is 0 Å². The van der Waals surface area contributed by atoms with E-state index in [4.69, 9.17) is 4.74 Å². The van der Waals surface area contributed by atoms with Gasteiger partial charge >= 0.3 is 0 Å². The molecular weight excluding hydrogens is 186 g/mol. The van der Waals surface area contributed by atoms with E-state index in [9.17, 15) is 0 Å². The second-order valence-electron chi connectivity index (χ2n) is 3.21. The predicted molar refractivity (Wildman–Crippen MR) is 53.9 cm³/mol. The van der Waals surface area contributed by atoms with Crippen LogP contribution in [0.3, 0.4) is 0 Å². The molecule has 0 radical (unpaired) electrons. The Labute approximate surface area is 82.5 Å². The van der Waals surface area contributed by atoms with Gasteiger partial charge < -0.3 is 10.1 Å². The molecule has 5 heteroatoms. The molecule has 0 aliphatic rings. The monoisotopic (exact) mass is 201 g/mol. The minimum absolute atomic E-state index is 0.546. The van der Waals surface area contributed by atoms with Gasteiger partial charge in [0.15, 0.2) is 0 Å². The normalized spacial score (nSPS) is 10.8. The van der Waals surface area contributed by atoms with E-state index in [1.165, 1.54) is 11.5 Å². The Hall–Kier alpha value is -0.680. The van der Waals surface area contributed by atoms with Crippen molar-refractivity contribution in [2.75, 3.05) is 19.0 Å². The SMILES string of the molecule is CNc1snnc1COCC(C)C. The van der Waals surface area contributed by atoms with E-state index < -0.39 is 0 Å². The van der Waals surface area contributed by atoms with Crippen LogP contribution in [0.15, 0.2) is 0 Å². The molecule has 1 rings (SSSR count). The smallest absolute Gasteiger partial charge is 0.135 e. The van der Waals surface area contributed by atoms with Gasteiger partial charge in [-0.25, -0.2) is 0 Å². The summed E-state index contributed by atoms with van der Waals surface area (Å²) in [4.78, 5) is 0. The third kappa shape index (κ3) is 3.28. The molecule has 1 heterocycles. The molecule has 74 valence electrons. The summed E-state index contributed by atoms with van der Waals surface area (Å²) >= 11 is 1.36. The standard InChI is InChI=1S/C8H15N3OS/c1-6(2)4-12-5-7-8(9-3)13-11-10-7/h6,9H,4-5H2,1-3H3. The Kier molecular flexibility index (Phi) is 4.11. The molecule has 0 aliphatic carbocycles. The van der Waals surface area contributed by atoms with Crippen molar-refractivity contribution in [2.24, 2.45) is 5.92 Å². The van der Waals surface area contributed by atoms with Gasteiger partial charge in [-0.05, 0) is 5.92 Å². The Morgan fingerprint density at radius 3 is 2.92 bits per heavy atom. The lowest BCUT2D eigenvalue weighted by atomic mass is 10.2. The Balaban J connectivity index is 2.36. The number of aromatic nitrogens is 2. The van der Waals surface area contributed by atoms with Crippen LogP contribution in [0.2, 0.25) is 0 Å². The van der Waals surface area contributed by atoms with Crippen molar-refractivity contribution >= 4 is 16.5 Å². The first kappa shape index (κ1) is 10.4. The number of hydrogen-bond acceptors (Lipinski definition) is 5. The zero-order valence-corrected chi connectivity index (χ0v) is 9.02. The van der Waals surface area contributed by atoms with E-state index in [0.29, 0.717) is 12.5 Å². The highest BCUT2D eigenvalue weighted by Crippen LogP contribution is 2.17. The van der Waals surface area contributed by atoms with Crippen molar-refractivity contribution in [1.29, 1.82) is 0 Å². The van der Waals surface area contributed by atoms with Crippen LogP contribution in [0.5, 0.6) is 0 Å². The first-order valence-corrected chi connectivity index (χ1v) is 5.08. The van der Waals surface area contributed by atoms with Gasteiger partial charge in [0.1, 0.15) is 10.7 Å². The molecule has 0 atom stereocenters. The summed E-state index contributed by atoms with van der Waals surface area (Å²) in [6, 6.07) is 0. The second-order valence-corrected chi connectivity index (χ2v) is 3.96. The van der Waals surface area contributed by atoms with Crippen LogP contribution in [0, 0.1) is 5.92 Å². The molecular formula is C8H15N3OS. The van der Waals surface area contributed by atoms with Gasteiger partial charge in [-0.15, -0.1) is 5.10 Å². The lowest BCUT2D eigenvalue weighted by Crippen LogP contribution is -2.03. The zero-order valence-electron chi connectivity index (χ0n) is 8.20. The van der Waals surface area contributed by atoms with Gasteiger partial charge in [-0.1, -0.05) is 18.3 Å². The van der Waals surface area contributed by atoms with E-state index in [-0.39, 0.29) is 0 Å². The Morgan fingerprint density at radius 1 is 1.54 bits per heavy atom. The molecule has 0 saturated heterocycles. The molecule has 0 saturated carbocycles. The fourth-order valence-electron chi connectivity index (χ4n) is 0.884. The average Bonchev–Trinajstić information content (AvgIpc) is 2.51. The minimum Gasteiger partial charge on any atom is -0.377 e. The van der Waals surface area contributed by atoms with Gasteiger partial charge in [-0.3, -0.25) is 0 Å². The summed E-state index contributed by atoms with van der Waals surface area (Å²) in [5.41, 5.74) is 0.896. The van der Waals surface area contributed by atoms with Gasteiger partial charge in [0.25, 0.3) is 0 Å². The largest absolute Gasteiger partial charge is 0.377 e. The van der Waals surface area contributed by atoms with Gasteiger partial charge in [0.2, 0.25) is 0 Å². The van der Waals surface area contributed by atoms with Crippen LogP contribution in [0.1, 0.15) is 19.5 Å². The van der Waals surface area contributed by atoms with Gasteiger partial charge in [-0.2, -0.15) is 0 Å². The minimum atomic E-state index is 0.546. The zero-order chi connectivity index (χ0) is 9.68. The van der Waals surface area contributed by atoms with E-state index in [1.54, 1.807) is 0 Å². The first-order valence-electron chi connectivity index (χ1n) is 4.30. The Bertz CT molecular complexity index is 249. The van der Waals surface area contributed by atoms with E-state index in [2.05, 4.69) is 28.8 Å². The van der Waals surface area contributed by atoms with Crippen molar-refractivity contribution < 1.29 is 4.74 Å². The highest BCUT2D eigenvalue weighted by molar-refractivity contribution is 7.10. The third-order valence-corrected chi connectivity index (χ3v) is 2.26. The van der Waals surface area contributed by atoms with Crippen LogP contribution in [-0.2, 0) is 11.3 Å². The summed E-state index contributed by atoms with van der Waals surface area (Å²) in [5, 5.41) is 7.98. The van der Waals surface area contributed by atoms with Crippen LogP contribution in [0.4, 0.5) is 5.00 Å². The lowest BCUT2D eigenvalue weighted by Gasteiger charge is -2.05. The number of nitrogens with one attached hydrogen (secondary N) is 1. The average molecular weight is 201 g/mol. The van der Waals surface area contributed by atoms with Gasteiger partial charge in [0, 0.05) is 25.2 Å². The molecule has 0 fully saturated rings. The first-order chi connectivity index (χ1) is 6.24. The number of hydrogen-bond donors (Lipinski definition) is 1. The van der Waals surface area contributed by atoms with Crippen LogP contribution in [-0.4, -0.2) is 23.2 Å². The quantitative estimate of drug-likeness (QED) is 0.788. The van der Waals surface area contributed by atoms with Crippen molar-refractivity contribution in [3.8, 4) is 0 Å². The molecule has 1 N–H and O–H groups in total.